The molecule has 0 bridgehead atoms. The molecule has 0 fully saturated rings. The van der Waals surface area contributed by atoms with E-state index in [2.05, 4.69) is 16.6 Å². The topological polar surface area (TPSA) is 48.2 Å². The maximum absolute atomic E-state index is 8.51. The Morgan fingerprint density at radius 1 is 1.42 bits per heavy atom. The third-order valence-corrected chi connectivity index (χ3v) is 1.38. The number of nitrogens with one attached hydrogen (secondary N) is 1. The van der Waals surface area contributed by atoms with Crippen LogP contribution in [0.4, 0.5) is 0 Å². The van der Waals surface area contributed by atoms with E-state index in [-0.39, 0.29) is 0 Å². The maximum Gasteiger partial charge on any atom is 0.0991 e. The molecule has 0 saturated carbocycles. The summed E-state index contributed by atoms with van der Waals surface area (Å²) in [4.78, 5) is 0. The highest BCUT2D eigenvalue weighted by Crippen LogP contribution is 1.99. The van der Waals surface area contributed by atoms with Crippen molar-refractivity contribution in [1.29, 1.82) is 5.26 Å². The van der Waals surface area contributed by atoms with Crippen LogP contribution < -0.4 is 5.43 Å². The number of benzene rings is 1. The van der Waals surface area contributed by atoms with Crippen LogP contribution in [-0.2, 0) is 0 Å². The first kappa shape index (κ1) is 8.28. The molecule has 1 rings (SSSR count). The van der Waals surface area contributed by atoms with Gasteiger partial charge in [0.25, 0.3) is 0 Å². The SMILES string of the molecule is CN/N=C\c1ccc(C#N)cc1. The van der Waals surface area contributed by atoms with Gasteiger partial charge in [-0.2, -0.15) is 10.4 Å². The minimum absolute atomic E-state index is 0.664. The molecule has 0 amide bonds. The average molecular weight is 159 g/mol. The molecule has 0 aliphatic rings. The van der Waals surface area contributed by atoms with Crippen LogP contribution in [0.2, 0.25) is 0 Å². The van der Waals surface area contributed by atoms with Crippen molar-refractivity contribution in [2.24, 2.45) is 5.10 Å². The van der Waals surface area contributed by atoms with Gasteiger partial charge < -0.3 is 5.43 Å². The monoisotopic (exact) mass is 159 g/mol. The molecular weight excluding hydrogens is 150 g/mol. The van der Waals surface area contributed by atoms with E-state index in [0.29, 0.717) is 5.56 Å². The summed E-state index contributed by atoms with van der Waals surface area (Å²) < 4.78 is 0. The van der Waals surface area contributed by atoms with Crippen LogP contribution in [0.1, 0.15) is 11.1 Å². The Balaban J connectivity index is 2.80. The zero-order chi connectivity index (χ0) is 8.81. The number of rotatable bonds is 2. The Labute approximate surface area is 71.3 Å². The molecule has 1 N–H and O–H groups in total. The van der Waals surface area contributed by atoms with Crippen LogP contribution >= 0.6 is 0 Å². The van der Waals surface area contributed by atoms with Crippen molar-refractivity contribution in [3.8, 4) is 6.07 Å². The zero-order valence-electron chi connectivity index (χ0n) is 6.78. The normalized spacial score (nSPS) is 9.67. The molecule has 1 aromatic carbocycles. The van der Waals surface area contributed by atoms with Gasteiger partial charge in [0.05, 0.1) is 17.8 Å². The Kier molecular flexibility index (Phi) is 2.86. The highest BCUT2D eigenvalue weighted by Gasteiger charge is 1.88. The Hall–Kier alpha value is -1.82. The predicted molar refractivity (Wildman–Crippen MR) is 47.8 cm³/mol. The summed E-state index contributed by atoms with van der Waals surface area (Å²) in [5.74, 6) is 0. The first-order valence-corrected chi connectivity index (χ1v) is 3.57. The molecule has 0 aromatic heterocycles. The van der Waals surface area contributed by atoms with Crippen LogP contribution in [0.3, 0.4) is 0 Å². The largest absolute Gasteiger partial charge is 0.313 e. The second-order valence-corrected chi connectivity index (χ2v) is 2.22. The van der Waals surface area contributed by atoms with Crippen LogP contribution in [0, 0.1) is 11.3 Å². The van der Waals surface area contributed by atoms with Crippen LogP contribution in [0.5, 0.6) is 0 Å². The van der Waals surface area contributed by atoms with E-state index in [9.17, 15) is 0 Å². The first-order valence-electron chi connectivity index (χ1n) is 3.57. The van der Waals surface area contributed by atoms with Gasteiger partial charge in [0, 0.05) is 7.05 Å². The number of hydrazone groups is 1. The van der Waals surface area contributed by atoms with Crippen molar-refractivity contribution in [1.82, 2.24) is 5.43 Å². The van der Waals surface area contributed by atoms with E-state index < -0.39 is 0 Å². The molecule has 3 heteroatoms. The minimum atomic E-state index is 0.664. The summed E-state index contributed by atoms with van der Waals surface area (Å²) in [5.41, 5.74) is 4.29. The molecule has 0 atom stereocenters. The summed E-state index contributed by atoms with van der Waals surface area (Å²) in [5, 5.41) is 12.3. The lowest BCUT2D eigenvalue weighted by Crippen LogP contribution is -1.94. The van der Waals surface area contributed by atoms with Gasteiger partial charge in [0.2, 0.25) is 0 Å². The van der Waals surface area contributed by atoms with Crippen molar-refractivity contribution < 1.29 is 0 Å². The van der Waals surface area contributed by atoms with E-state index in [0.717, 1.165) is 5.56 Å². The Morgan fingerprint density at radius 3 is 2.58 bits per heavy atom. The fourth-order valence-electron chi connectivity index (χ4n) is 0.783. The molecule has 0 aliphatic heterocycles. The molecule has 12 heavy (non-hydrogen) atoms. The molecule has 0 unspecified atom stereocenters. The molecule has 0 saturated heterocycles. The molecule has 60 valence electrons. The molecule has 0 heterocycles. The minimum Gasteiger partial charge on any atom is -0.313 e. The van der Waals surface area contributed by atoms with Crippen molar-refractivity contribution in [3.63, 3.8) is 0 Å². The quantitative estimate of drug-likeness (QED) is 0.519. The van der Waals surface area contributed by atoms with Gasteiger partial charge in [-0.25, -0.2) is 0 Å². The lowest BCUT2D eigenvalue weighted by molar-refractivity contribution is 0.908. The molecular formula is C9H9N3. The van der Waals surface area contributed by atoms with Gasteiger partial charge in [-0.15, -0.1) is 0 Å². The van der Waals surface area contributed by atoms with Gasteiger partial charge in [-0.1, -0.05) is 12.1 Å². The second-order valence-electron chi connectivity index (χ2n) is 2.22. The van der Waals surface area contributed by atoms with E-state index in [1.54, 1.807) is 25.4 Å². The van der Waals surface area contributed by atoms with Crippen LogP contribution in [-0.4, -0.2) is 13.3 Å². The van der Waals surface area contributed by atoms with E-state index in [1.807, 2.05) is 12.1 Å². The Bertz CT molecular complexity index is 306. The van der Waals surface area contributed by atoms with E-state index >= 15 is 0 Å². The third-order valence-electron chi connectivity index (χ3n) is 1.38. The van der Waals surface area contributed by atoms with Crippen molar-refractivity contribution in [3.05, 3.63) is 35.4 Å². The third kappa shape index (κ3) is 2.10. The number of nitrogens with zero attached hydrogens (tertiary/aromatic N) is 2. The molecule has 0 aliphatic carbocycles. The highest BCUT2D eigenvalue weighted by molar-refractivity contribution is 5.79. The molecule has 0 radical (unpaired) electrons. The number of nitriles is 1. The fourth-order valence-corrected chi connectivity index (χ4v) is 0.783. The lowest BCUT2D eigenvalue weighted by Gasteiger charge is -1.91. The van der Waals surface area contributed by atoms with Gasteiger partial charge >= 0.3 is 0 Å². The number of hydrogen-bond donors (Lipinski definition) is 1. The second kappa shape index (κ2) is 4.14. The fraction of sp³-hybridized carbons (Fsp3) is 0.111. The molecule has 1 aromatic rings. The predicted octanol–water partition coefficient (Wildman–Crippen LogP) is 1.11. The molecule has 0 spiro atoms. The smallest absolute Gasteiger partial charge is 0.0991 e. The maximum atomic E-state index is 8.51. The van der Waals surface area contributed by atoms with Gasteiger partial charge in [0.15, 0.2) is 0 Å². The highest BCUT2D eigenvalue weighted by atomic mass is 15.3. The van der Waals surface area contributed by atoms with E-state index in [4.69, 9.17) is 5.26 Å². The lowest BCUT2D eigenvalue weighted by atomic mass is 10.2. The summed E-state index contributed by atoms with van der Waals surface area (Å²) in [6, 6.07) is 9.27. The van der Waals surface area contributed by atoms with Crippen LogP contribution in [0.25, 0.3) is 0 Å². The average Bonchev–Trinajstić information content (AvgIpc) is 2.15. The number of hydrogen-bond acceptors (Lipinski definition) is 3. The standard InChI is InChI=1S/C9H9N3/c1-11-12-7-9-4-2-8(6-10)3-5-9/h2-5,7,11H,1H3/b12-7-. The van der Waals surface area contributed by atoms with Crippen molar-refractivity contribution in [2.75, 3.05) is 7.05 Å². The molecule has 3 nitrogen and oxygen atoms in total. The Morgan fingerprint density at radius 2 is 2.08 bits per heavy atom. The van der Waals surface area contributed by atoms with Gasteiger partial charge in [-0.05, 0) is 17.7 Å². The summed E-state index contributed by atoms with van der Waals surface area (Å²) in [6.45, 7) is 0. The summed E-state index contributed by atoms with van der Waals surface area (Å²) in [6.07, 6.45) is 1.70. The summed E-state index contributed by atoms with van der Waals surface area (Å²) >= 11 is 0. The van der Waals surface area contributed by atoms with Crippen molar-refractivity contribution in [2.45, 2.75) is 0 Å². The van der Waals surface area contributed by atoms with Crippen LogP contribution in [0.15, 0.2) is 29.4 Å². The van der Waals surface area contributed by atoms with Gasteiger partial charge in [-0.3, -0.25) is 0 Å². The zero-order valence-corrected chi connectivity index (χ0v) is 6.78. The van der Waals surface area contributed by atoms with E-state index in [1.165, 1.54) is 0 Å². The summed E-state index contributed by atoms with van der Waals surface area (Å²) in [7, 11) is 1.74. The van der Waals surface area contributed by atoms with Crippen molar-refractivity contribution >= 4 is 6.21 Å². The van der Waals surface area contributed by atoms with Gasteiger partial charge in [0.1, 0.15) is 0 Å². The first-order chi connectivity index (χ1) is 5.86.